The Morgan fingerprint density at radius 3 is 2.65 bits per heavy atom. The van der Waals surface area contributed by atoms with Crippen LogP contribution >= 0.6 is 0 Å². The number of para-hydroxylation sites is 1. The Morgan fingerprint density at radius 2 is 1.83 bits per heavy atom. The van der Waals surface area contributed by atoms with Crippen molar-refractivity contribution in [2.45, 2.75) is 0 Å². The fraction of sp³-hybridized carbons (Fsp3) is 0.125. The first-order valence-corrected chi connectivity index (χ1v) is 7.08. The average molecular weight is 307 g/mol. The van der Waals surface area contributed by atoms with E-state index in [1.807, 2.05) is 30.3 Å². The molecule has 0 bridgehead atoms. The van der Waals surface area contributed by atoms with Gasteiger partial charge in [0.25, 0.3) is 5.56 Å². The molecule has 0 saturated carbocycles. The van der Waals surface area contributed by atoms with Crippen LogP contribution in [0.25, 0.3) is 33.5 Å². The van der Waals surface area contributed by atoms with Gasteiger partial charge in [0, 0.05) is 31.2 Å². The van der Waals surface area contributed by atoms with Gasteiger partial charge in [0.05, 0.1) is 5.52 Å². The molecule has 114 valence electrons. The molecule has 0 unspecified atom stereocenters. The summed E-state index contributed by atoms with van der Waals surface area (Å²) >= 11 is 0. The van der Waals surface area contributed by atoms with Crippen molar-refractivity contribution < 1.29 is 0 Å². The van der Waals surface area contributed by atoms with Gasteiger partial charge < -0.3 is 4.98 Å². The first kappa shape index (κ1) is 13.4. The van der Waals surface area contributed by atoms with Crippen LogP contribution in [0, 0.1) is 0 Å². The Hall–Kier alpha value is -3.22. The molecule has 0 aliphatic rings. The molecule has 3 heterocycles. The first-order valence-electron chi connectivity index (χ1n) is 7.08. The number of imidazole rings is 1. The van der Waals surface area contributed by atoms with Crippen molar-refractivity contribution in [3.8, 4) is 11.4 Å². The van der Waals surface area contributed by atoms with E-state index >= 15 is 0 Å². The molecular formula is C16H13N5O2. The zero-order chi connectivity index (χ0) is 16.1. The van der Waals surface area contributed by atoms with E-state index in [9.17, 15) is 9.59 Å². The summed E-state index contributed by atoms with van der Waals surface area (Å²) in [6.07, 6.45) is 1.70. The zero-order valence-electron chi connectivity index (χ0n) is 12.6. The van der Waals surface area contributed by atoms with Gasteiger partial charge in [-0.25, -0.2) is 9.78 Å². The van der Waals surface area contributed by atoms with E-state index in [-0.39, 0.29) is 5.56 Å². The molecule has 0 aliphatic heterocycles. The van der Waals surface area contributed by atoms with Crippen LogP contribution < -0.4 is 11.2 Å². The van der Waals surface area contributed by atoms with E-state index < -0.39 is 5.69 Å². The average Bonchev–Trinajstić information content (AvgIpc) is 3.03. The SMILES string of the molecule is Cn1c(=O)c2[nH]c(-c3ccnc4ccccc34)nc2n(C)c1=O. The van der Waals surface area contributed by atoms with Crippen LogP contribution in [-0.2, 0) is 14.1 Å². The molecule has 1 aromatic carbocycles. The fourth-order valence-corrected chi connectivity index (χ4v) is 2.76. The van der Waals surface area contributed by atoms with Crippen molar-refractivity contribution in [3.63, 3.8) is 0 Å². The Morgan fingerprint density at radius 1 is 1.04 bits per heavy atom. The summed E-state index contributed by atoms with van der Waals surface area (Å²) in [5, 5.41) is 0.927. The van der Waals surface area contributed by atoms with Crippen molar-refractivity contribution in [2.24, 2.45) is 14.1 Å². The van der Waals surface area contributed by atoms with Gasteiger partial charge in [0.15, 0.2) is 5.65 Å². The molecule has 4 rings (SSSR count). The molecule has 0 fully saturated rings. The number of benzene rings is 1. The molecule has 0 spiro atoms. The number of H-pyrrole nitrogens is 1. The van der Waals surface area contributed by atoms with Crippen molar-refractivity contribution in [3.05, 3.63) is 57.4 Å². The lowest BCUT2D eigenvalue weighted by atomic mass is 10.1. The lowest BCUT2D eigenvalue weighted by Crippen LogP contribution is -2.36. The van der Waals surface area contributed by atoms with Crippen molar-refractivity contribution in [1.29, 1.82) is 0 Å². The maximum Gasteiger partial charge on any atom is 0.332 e. The Kier molecular flexibility index (Phi) is 2.71. The Labute approximate surface area is 129 Å². The molecule has 7 heteroatoms. The largest absolute Gasteiger partial charge is 0.332 e. The van der Waals surface area contributed by atoms with Gasteiger partial charge in [-0.1, -0.05) is 18.2 Å². The number of rotatable bonds is 1. The second-order valence-corrected chi connectivity index (χ2v) is 5.37. The summed E-state index contributed by atoms with van der Waals surface area (Å²) in [5.41, 5.74) is 1.54. The van der Waals surface area contributed by atoms with Crippen LogP contribution in [0.1, 0.15) is 0 Å². The Bertz CT molecular complexity index is 1180. The molecule has 23 heavy (non-hydrogen) atoms. The number of hydrogen-bond acceptors (Lipinski definition) is 4. The van der Waals surface area contributed by atoms with Crippen LogP contribution in [0.15, 0.2) is 46.1 Å². The molecule has 1 N–H and O–H groups in total. The number of nitrogens with one attached hydrogen (secondary N) is 1. The maximum absolute atomic E-state index is 12.3. The fourth-order valence-electron chi connectivity index (χ4n) is 2.76. The summed E-state index contributed by atoms with van der Waals surface area (Å²) in [6.45, 7) is 0. The lowest BCUT2D eigenvalue weighted by molar-refractivity contribution is 0.709. The number of fused-ring (bicyclic) bond motifs is 2. The third-order valence-corrected chi connectivity index (χ3v) is 4.00. The third-order valence-electron chi connectivity index (χ3n) is 4.00. The number of aryl methyl sites for hydroxylation is 1. The van der Waals surface area contributed by atoms with E-state index in [4.69, 9.17) is 0 Å². The standard InChI is InChI=1S/C16H13N5O2/c1-20-14-12(15(22)21(2)16(20)23)18-13(19-14)10-7-8-17-11-6-4-3-5-9(10)11/h3-8H,1-2H3,(H,18,19). The first-order chi connectivity index (χ1) is 11.1. The lowest BCUT2D eigenvalue weighted by Gasteiger charge is -2.02. The summed E-state index contributed by atoms with van der Waals surface area (Å²) in [4.78, 5) is 36.1. The molecule has 4 aromatic rings. The van der Waals surface area contributed by atoms with Crippen LogP contribution in [0.3, 0.4) is 0 Å². The van der Waals surface area contributed by atoms with E-state index in [2.05, 4.69) is 15.0 Å². The molecule has 0 saturated heterocycles. The van der Waals surface area contributed by atoms with E-state index in [0.717, 1.165) is 21.0 Å². The molecule has 0 atom stereocenters. The van der Waals surface area contributed by atoms with Crippen LogP contribution in [0.2, 0.25) is 0 Å². The topological polar surface area (TPSA) is 85.6 Å². The van der Waals surface area contributed by atoms with Crippen LogP contribution in [0.5, 0.6) is 0 Å². The minimum absolute atomic E-state index is 0.311. The van der Waals surface area contributed by atoms with Gasteiger partial charge in [0.2, 0.25) is 0 Å². The molecule has 0 amide bonds. The third kappa shape index (κ3) is 1.83. The summed E-state index contributed by atoms with van der Waals surface area (Å²) < 4.78 is 2.43. The maximum atomic E-state index is 12.3. The minimum Gasteiger partial charge on any atom is -0.332 e. The predicted octanol–water partition coefficient (Wildman–Crippen LogP) is 1.18. The number of hydrogen-bond donors (Lipinski definition) is 1. The predicted molar refractivity (Wildman–Crippen MR) is 87.3 cm³/mol. The second kappa shape index (κ2) is 4.64. The highest BCUT2D eigenvalue weighted by Gasteiger charge is 2.15. The highest BCUT2D eigenvalue weighted by Crippen LogP contribution is 2.25. The highest BCUT2D eigenvalue weighted by atomic mass is 16.2. The molecule has 0 aliphatic carbocycles. The van der Waals surface area contributed by atoms with Crippen LogP contribution in [0.4, 0.5) is 0 Å². The number of pyridine rings is 1. The summed E-state index contributed by atoms with van der Waals surface area (Å²) in [7, 11) is 3.05. The quantitative estimate of drug-likeness (QED) is 0.572. The molecular weight excluding hydrogens is 294 g/mol. The molecule has 7 nitrogen and oxygen atoms in total. The number of nitrogens with zero attached hydrogens (tertiary/aromatic N) is 4. The number of aromatic amines is 1. The van der Waals surface area contributed by atoms with Crippen molar-refractivity contribution in [2.75, 3.05) is 0 Å². The van der Waals surface area contributed by atoms with Gasteiger partial charge in [0.1, 0.15) is 11.3 Å². The summed E-state index contributed by atoms with van der Waals surface area (Å²) in [5.74, 6) is 0.539. The smallest absolute Gasteiger partial charge is 0.332 e. The van der Waals surface area contributed by atoms with Gasteiger partial charge in [-0.2, -0.15) is 0 Å². The van der Waals surface area contributed by atoms with E-state index in [1.165, 1.54) is 11.6 Å². The monoisotopic (exact) mass is 307 g/mol. The van der Waals surface area contributed by atoms with Crippen LogP contribution in [-0.4, -0.2) is 24.1 Å². The number of aromatic nitrogens is 5. The zero-order valence-corrected chi connectivity index (χ0v) is 12.6. The van der Waals surface area contributed by atoms with Crippen molar-refractivity contribution in [1.82, 2.24) is 24.1 Å². The van der Waals surface area contributed by atoms with Gasteiger partial charge in [-0.3, -0.25) is 18.9 Å². The Balaban J connectivity index is 2.11. The molecule has 0 radical (unpaired) electrons. The van der Waals surface area contributed by atoms with Gasteiger partial charge in [-0.05, 0) is 12.1 Å². The van der Waals surface area contributed by atoms with Gasteiger partial charge >= 0.3 is 5.69 Å². The highest BCUT2D eigenvalue weighted by molar-refractivity contribution is 5.93. The van der Waals surface area contributed by atoms with E-state index in [1.54, 1.807) is 13.2 Å². The van der Waals surface area contributed by atoms with Crippen molar-refractivity contribution >= 4 is 22.1 Å². The molecule has 3 aromatic heterocycles. The summed E-state index contributed by atoms with van der Waals surface area (Å²) in [6, 6.07) is 9.53. The second-order valence-electron chi connectivity index (χ2n) is 5.37. The van der Waals surface area contributed by atoms with E-state index in [0.29, 0.717) is 17.0 Å². The normalized spacial score (nSPS) is 11.4. The van der Waals surface area contributed by atoms with Gasteiger partial charge in [-0.15, -0.1) is 0 Å². The minimum atomic E-state index is -0.403.